The fourth-order valence-corrected chi connectivity index (χ4v) is 4.89. The molecule has 0 aromatic heterocycles. The minimum Gasteiger partial charge on any atom is -0.497 e. The van der Waals surface area contributed by atoms with Gasteiger partial charge in [0.2, 0.25) is 0 Å². The van der Waals surface area contributed by atoms with Crippen molar-refractivity contribution in [1.82, 2.24) is 0 Å². The maximum absolute atomic E-state index is 12.9. The van der Waals surface area contributed by atoms with Crippen LogP contribution in [0.4, 0.5) is 10.5 Å². The number of anilines is 1. The molecule has 0 bridgehead atoms. The number of hydrogen-bond donors (Lipinski definition) is 0. The highest BCUT2D eigenvalue weighted by molar-refractivity contribution is 6.78. The van der Waals surface area contributed by atoms with E-state index in [-0.39, 0.29) is 5.54 Å². The highest BCUT2D eigenvalue weighted by Crippen LogP contribution is 2.30. The SMILES string of the molecule is COc1ccc(N(/C=C\[C@@H](c2ccccc2)[Si](C)(C)C)C(=O)OC(C)(C)C)cc1. The molecule has 0 unspecified atom stereocenters. The number of ether oxygens (including phenoxy) is 2. The number of hydrogen-bond acceptors (Lipinski definition) is 3. The second-order valence-corrected chi connectivity index (χ2v) is 14.5. The van der Waals surface area contributed by atoms with Gasteiger partial charge in [0.1, 0.15) is 11.4 Å². The molecule has 0 aliphatic carbocycles. The second kappa shape index (κ2) is 9.31. The Bertz CT molecular complexity index is 818. The number of methoxy groups -OCH3 is 1. The summed E-state index contributed by atoms with van der Waals surface area (Å²) in [7, 11) is 0.0468. The average molecular weight is 412 g/mol. The molecule has 0 fully saturated rings. The van der Waals surface area contributed by atoms with Gasteiger partial charge in [-0.15, -0.1) is 0 Å². The van der Waals surface area contributed by atoms with Crippen molar-refractivity contribution in [2.75, 3.05) is 12.0 Å². The topological polar surface area (TPSA) is 38.8 Å². The molecule has 0 aliphatic rings. The van der Waals surface area contributed by atoms with Gasteiger partial charge in [0.25, 0.3) is 0 Å². The van der Waals surface area contributed by atoms with E-state index in [0.717, 1.165) is 11.4 Å². The predicted molar refractivity (Wildman–Crippen MR) is 123 cm³/mol. The van der Waals surface area contributed by atoms with Crippen LogP contribution in [-0.4, -0.2) is 26.9 Å². The molecule has 2 rings (SSSR count). The minimum absolute atomic E-state index is 0.270. The molecule has 1 amide bonds. The summed E-state index contributed by atoms with van der Waals surface area (Å²) >= 11 is 0. The van der Waals surface area contributed by atoms with Gasteiger partial charge < -0.3 is 9.47 Å². The molecule has 29 heavy (non-hydrogen) atoms. The molecule has 0 aliphatic heterocycles. The normalized spacial score (nSPS) is 13.2. The second-order valence-electron chi connectivity index (χ2n) is 9.14. The number of allylic oxidation sites excluding steroid dienone is 1. The molecule has 2 aromatic carbocycles. The van der Waals surface area contributed by atoms with Crippen LogP contribution in [0.15, 0.2) is 66.9 Å². The van der Waals surface area contributed by atoms with Crippen molar-refractivity contribution in [2.24, 2.45) is 0 Å². The summed E-state index contributed by atoms with van der Waals surface area (Å²) in [6.07, 6.45) is 3.59. The number of nitrogens with zero attached hydrogens (tertiary/aromatic N) is 1. The predicted octanol–water partition coefficient (Wildman–Crippen LogP) is 6.61. The van der Waals surface area contributed by atoms with E-state index in [2.05, 4.69) is 50.0 Å². The van der Waals surface area contributed by atoms with Crippen LogP contribution in [0.3, 0.4) is 0 Å². The Morgan fingerprint density at radius 3 is 2.07 bits per heavy atom. The third-order valence-electron chi connectivity index (χ3n) is 4.46. The van der Waals surface area contributed by atoms with Crippen molar-refractivity contribution in [3.63, 3.8) is 0 Å². The van der Waals surface area contributed by atoms with E-state index in [4.69, 9.17) is 9.47 Å². The molecule has 156 valence electrons. The highest BCUT2D eigenvalue weighted by atomic mass is 28.3. The van der Waals surface area contributed by atoms with E-state index in [0.29, 0.717) is 0 Å². The number of carbonyl (C=O) groups is 1. The van der Waals surface area contributed by atoms with Gasteiger partial charge in [-0.1, -0.05) is 56.0 Å². The first-order valence-electron chi connectivity index (χ1n) is 9.91. The summed E-state index contributed by atoms with van der Waals surface area (Å²) in [4.78, 5) is 14.5. The Kier molecular flexibility index (Phi) is 7.30. The monoisotopic (exact) mass is 411 g/mol. The first-order valence-corrected chi connectivity index (χ1v) is 13.5. The van der Waals surface area contributed by atoms with E-state index in [1.165, 1.54) is 5.56 Å². The van der Waals surface area contributed by atoms with Crippen LogP contribution >= 0.6 is 0 Å². The van der Waals surface area contributed by atoms with Crippen molar-refractivity contribution in [3.05, 3.63) is 72.4 Å². The standard InChI is InChI=1S/C24H33NO3Si/c1-24(2,3)28-23(26)25(20-13-15-21(27-4)16-14-20)18-17-22(29(5,6)7)19-11-9-8-10-12-19/h8-18,22H,1-7H3/b18-17-/t22-/m0/s1. The molecule has 0 heterocycles. The summed E-state index contributed by atoms with van der Waals surface area (Å²) in [5.74, 6) is 0.742. The Balaban J connectivity index is 2.42. The largest absolute Gasteiger partial charge is 0.497 e. The lowest BCUT2D eigenvalue weighted by atomic mass is 10.1. The van der Waals surface area contributed by atoms with Crippen molar-refractivity contribution in [3.8, 4) is 5.75 Å². The summed E-state index contributed by atoms with van der Waals surface area (Å²) in [6.45, 7) is 12.6. The molecule has 4 nitrogen and oxygen atoms in total. The van der Waals surface area contributed by atoms with Gasteiger partial charge in [0.15, 0.2) is 0 Å². The maximum Gasteiger partial charge on any atom is 0.418 e. The summed E-state index contributed by atoms with van der Waals surface area (Å²) in [5.41, 5.74) is 1.69. The lowest BCUT2D eigenvalue weighted by Crippen LogP contribution is -2.34. The lowest BCUT2D eigenvalue weighted by molar-refractivity contribution is 0.0596. The van der Waals surface area contributed by atoms with Gasteiger partial charge in [0.05, 0.1) is 20.9 Å². The Labute approximate surface area is 176 Å². The number of rotatable bonds is 6. The fraction of sp³-hybridized carbons (Fsp3) is 0.375. The van der Waals surface area contributed by atoms with Crippen LogP contribution in [0.1, 0.15) is 31.9 Å². The number of carbonyl (C=O) groups excluding carboxylic acids is 1. The molecule has 5 heteroatoms. The molecular weight excluding hydrogens is 378 g/mol. The zero-order valence-corrected chi connectivity index (χ0v) is 19.6. The minimum atomic E-state index is -1.58. The molecule has 0 N–H and O–H groups in total. The number of benzene rings is 2. The van der Waals surface area contributed by atoms with Crippen LogP contribution in [0.25, 0.3) is 0 Å². The Hall–Kier alpha value is -2.53. The Morgan fingerprint density at radius 1 is 1.00 bits per heavy atom. The molecular formula is C24H33NO3Si. The molecule has 0 saturated carbocycles. The van der Waals surface area contributed by atoms with E-state index in [9.17, 15) is 4.79 Å². The smallest absolute Gasteiger partial charge is 0.418 e. The Morgan fingerprint density at radius 2 is 1.59 bits per heavy atom. The van der Waals surface area contributed by atoms with E-state index in [1.807, 2.05) is 57.3 Å². The zero-order chi connectivity index (χ0) is 21.7. The molecule has 0 saturated heterocycles. The number of amides is 1. The van der Waals surface area contributed by atoms with Crippen molar-refractivity contribution in [2.45, 2.75) is 51.6 Å². The zero-order valence-electron chi connectivity index (χ0n) is 18.6. The summed E-state index contributed by atoms with van der Waals surface area (Å²) in [5, 5.41) is 0. The van der Waals surface area contributed by atoms with Gasteiger partial charge in [-0.3, -0.25) is 4.90 Å². The first-order chi connectivity index (χ1) is 13.5. The van der Waals surface area contributed by atoms with Crippen molar-refractivity contribution < 1.29 is 14.3 Å². The van der Waals surface area contributed by atoms with Crippen LogP contribution in [-0.2, 0) is 4.74 Å². The van der Waals surface area contributed by atoms with Gasteiger partial charge in [-0.05, 0) is 56.1 Å². The first kappa shape index (κ1) is 22.8. The summed E-state index contributed by atoms with van der Waals surface area (Å²) in [6, 6.07) is 17.9. The van der Waals surface area contributed by atoms with Crippen LogP contribution in [0, 0.1) is 0 Å². The van der Waals surface area contributed by atoms with E-state index >= 15 is 0 Å². The molecule has 1 atom stereocenters. The quantitative estimate of drug-likeness (QED) is 0.502. The van der Waals surface area contributed by atoms with Gasteiger partial charge >= 0.3 is 6.09 Å². The third-order valence-corrected chi connectivity index (χ3v) is 6.85. The van der Waals surface area contributed by atoms with Crippen LogP contribution in [0.2, 0.25) is 19.6 Å². The molecule has 0 radical (unpaired) electrons. The summed E-state index contributed by atoms with van der Waals surface area (Å²) < 4.78 is 10.9. The lowest BCUT2D eigenvalue weighted by Gasteiger charge is -2.29. The maximum atomic E-state index is 12.9. The van der Waals surface area contributed by atoms with Crippen molar-refractivity contribution in [1.29, 1.82) is 0 Å². The molecule has 2 aromatic rings. The fourth-order valence-electron chi connectivity index (χ4n) is 3.04. The van der Waals surface area contributed by atoms with Gasteiger partial charge in [-0.25, -0.2) is 4.79 Å². The van der Waals surface area contributed by atoms with Crippen LogP contribution in [0.5, 0.6) is 5.75 Å². The van der Waals surface area contributed by atoms with E-state index < -0.39 is 19.8 Å². The van der Waals surface area contributed by atoms with Gasteiger partial charge in [0, 0.05) is 6.20 Å². The van der Waals surface area contributed by atoms with E-state index in [1.54, 1.807) is 12.0 Å². The van der Waals surface area contributed by atoms with Crippen LogP contribution < -0.4 is 9.64 Å². The molecule has 0 spiro atoms. The van der Waals surface area contributed by atoms with Gasteiger partial charge in [-0.2, -0.15) is 0 Å². The third kappa shape index (κ3) is 6.78. The average Bonchev–Trinajstić information content (AvgIpc) is 2.63. The highest BCUT2D eigenvalue weighted by Gasteiger charge is 2.27. The van der Waals surface area contributed by atoms with Crippen molar-refractivity contribution >= 4 is 19.9 Å².